The molecule has 5 nitrogen and oxygen atoms in total. The lowest BCUT2D eigenvalue weighted by Crippen LogP contribution is -2.29. The van der Waals surface area contributed by atoms with Crippen LogP contribution in [0.1, 0.15) is 14.5 Å². The third kappa shape index (κ3) is 3.19. The molecule has 6 heteroatoms. The molecule has 0 saturated heterocycles. The molecule has 15 heavy (non-hydrogen) atoms. The molecule has 0 spiro atoms. The summed E-state index contributed by atoms with van der Waals surface area (Å²) in [6.45, 7) is 0. The minimum atomic E-state index is -0.437. The van der Waals surface area contributed by atoms with Crippen LogP contribution >= 0.6 is 11.3 Å². The van der Waals surface area contributed by atoms with E-state index in [4.69, 9.17) is 5.84 Å². The van der Waals surface area contributed by atoms with E-state index in [1.807, 2.05) is 5.43 Å². The fraction of sp³-hybridized carbons (Fsp3) is 0.111. The molecule has 1 heterocycles. The maximum atomic E-state index is 11.1. The Morgan fingerprint density at radius 3 is 2.87 bits per heavy atom. The van der Waals surface area contributed by atoms with Crippen molar-refractivity contribution in [1.29, 1.82) is 0 Å². The van der Waals surface area contributed by atoms with E-state index < -0.39 is 5.97 Å². The van der Waals surface area contributed by atoms with Crippen LogP contribution in [0.15, 0.2) is 18.2 Å². The maximum absolute atomic E-state index is 11.1. The van der Waals surface area contributed by atoms with Crippen LogP contribution < -0.4 is 11.3 Å². The van der Waals surface area contributed by atoms with Crippen molar-refractivity contribution in [1.82, 2.24) is 5.43 Å². The molecule has 0 fully saturated rings. The smallest absolute Gasteiger partial charge is 0.330 e. The quantitative estimate of drug-likeness (QED) is 0.259. The first-order valence-electron chi connectivity index (χ1n) is 4.04. The summed E-state index contributed by atoms with van der Waals surface area (Å²) in [5.41, 5.74) is 2.03. The zero-order valence-electron chi connectivity index (χ0n) is 8.02. The minimum absolute atomic E-state index is 0.349. The number of amides is 1. The van der Waals surface area contributed by atoms with Gasteiger partial charge in [-0.15, -0.1) is 11.3 Å². The molecular weight excluding hydrogens is 216 g/mol. The molecule has 0 unspecified atom stereocenters. The molecule has 1 aromatic heterocycles. The van der Waals surface area contributed by atoms with E-state index in [9.17, 15) is 9.59 Å². The molecule has 1 aromatic rings. The van der Waals surface area contributed by atoms with E-state index >= 15 is 0 Å². The lowest BCUT2D eigenvalue weighted by molar-refractivity contribution is -0.134. The highest BCUT2D eigenvalue weighted by Crippen LogP contribution is 2.17. The molecule has 0 atom stereocenters. The van der Waals surface area contributed by atoms with Gasteiger partial charge in [0, 0.05) is 11.0 Å². The predicted octanol–water partition coefficient (Wildman–Crippen LogP) is 0.538. The second-order valence-electron chi connectivity index (χ2n) is 2.53. The van der Waals surface area contributed by atoms with E-state index in [-0.39, 0.29) is 5.91 Å². The van der Waals surface area contributed by atoms with Gasteiger partial charge in [0.25, 0.3) is 5.91 Å². The normalized spacial score (nSPS) is 10.3. The van der Waals surface area contributed by atoms with Gasteiger partial charge in [-0.3, -0.25) is 10.2 Å². The average molecular weight is 226 g/mol. The zero-order valence-corrected chi connectivity index (χ0v) is 8.84. The monoisotopic (exact) mass is 226 g/mol. The number of hydrogen-bond donors (Lipinski definition) is 2. The van der Waals surface area contributed by atoms with Crippen LogP contribution in [-0.4, -0.2) is 19.0 Å². The van der Waals surface area contributed by atoms with Crippen LogP contribution in [0.25, 0.3) is 6.08 Å². The predicted molar refractivity (Wildman–Crippen MR) is 57.0 cm³/mol. The number of methoxy groups -OCH3 is 1. The Morgan fingerprint density at radius 1 is 1.53 bits per heavy atom. The zero-order chi connectivity index (χ0) is 11.3. The Bertz CT molecular complexity index is 398. The lowest BCUT2D eigenvalue weighted by Gasteiger charge is -1.91. The Hall–Kier alpha value is -1.66. The number of hydrazine groups is 1. The van der Waals surface area contributed by atoms with Crippen LogP contribution in [0.4, 0.5) is 0 Å². The maximum Gasteiger partial charge on any atom is 0.330 e. The molecule has 3 N–H and O–H groups in total. The SMILES string of the molecule is COC(=O)C=Cc1ccc(C(=O)NN)s1. The fourth-order valence-corrected chi connectivity index (χ4v) is 1.67. The van der Waals surface area contributed by atoms with E-state index in [1.54, 1.807) is 18.2 Å². The van der Waals surface area contributed by atoms with E-state index in [1.165, 1.54) is 24.5 Å². The molecular formula is C9H10N2O3S. The molecule has 1 rings (SSSR count). The summed E-state index contributed by atoms with van der Waals surface area (Å²) in [5, 5.41) is 0. The number of nitrogens with two attached hydrogens (primary N) is 1. The largest absolute Gasteiger partial charge is 0.466 e. The fourth-order valence-electron chi connectivity index (χ4n) is 0.854. The van der Waals surface area contributed by atoms with E-state index in [0.29, 0.717) is 4.88 Å². The van der Waals surface area contributed by atoms with Gasteiger partial charge in [0.15, 0.2) is 0 Å². The highest BCUT2D eigenvalue weighted by atomic mass is 32.1. The van der Waals surface area contributed by atoms with Crippen LogP contribution in [0.3, 0.4) is 0 Å². The molecule has 0 aromatic carbocycles. The second-order valence-corrected chi connectivity index (χ2v) is 3.65. The van der Waals surface area contributed by atoms with Crippen LogP contribution in [0.5, 0.6) is 0 Å². The second kappa shape index (κ2) is 5.28. The third-order valence-electron chi connectivity index (χ3n) is 1.57. The number of nitrogen functional groups attached to an aromatic ring is 1. The Labute approximate surface area is 90.5 Å². The Balaban J connectivity index is 2.72. The molecule has 0 radical (unpaired) electrons. The summed E-state index contributed by atoms with van der Waals surface area (Å²) in [4.78, 5) is 23.1. The van der Waals surface area contributed by atoms with Gasteiger partial charge in [0.2, 0.25) is 0 Å². The van der Waals surface area contributed by atoms with Crippen molar-refractivity contribution in [2.75, 3.05) is 7.11 Å². The van der Waals surface area contributed by atoms with Crippen molar-refractivity contribution >= 4 is 29.3 Å². The third-order valence-corrected chi connectivity index (χ3v) is 2.62. The number of thiophene rings is 1. The van der Waals surface area contributed by atoms with Gasteiger partial charge < -0.3 is 4.74 Å². The summed E-state index contributed by atoms with van der Waals surface area (Å²) in [5.74, 6) is 4.19. The van der Waals surface area contributed by atoms with Crippen molar-refractivity contribution in [2.45, 2.75) is 0 Å². The summed E-state index contributed by atoms with van der Waals surface area (Å²) < 4.78 is 4.43. The van der Waals surface area contributed by atoms with E-state index in [2.05, 4.69) is 4.74 Å². The Kier molecular flexibility index (Phi) is 4.02. The van der Waals surface area contributed by atoms with Crippen molar-refractivity contribution in [3.05, 3.63) is 28.0 Å². The standard InChI is InChI=1S/C9H10N2O3S/c1-14-8(12)5-3-6-2-4-7(15-6)9(13)11-10/h2-5H,10H2,1H3,(H,11,13). The lowest BCUT2D eigenvalue weighted by atomic mass is 10.4. The van der Waals surface area contributed by atoms with Crippen LogP contribution in [0.2, 0.25) is 0 Å². The molecule has 0 aliphatic rings. The number of hydrogen-bond acceptors (Lipinski definition) is 5. The van der Waals surface area contributed by atoms with Gasteiger partial charge in [0.05, 0.1) is 12.0 Å². The average Bonchev–Trinajstić information content (AvgIpc) is 2.73. The molecule has 0 saturated carbocycles. The van der Waals surface area contributed by atoms with Gasteiger partial charge in [-0.2, -0.15) is 0 Å². The Morgan fingerprint density at radius 2 is 2.27 bits per heavy atom. The summed E-state index contributed by atoms with van der Waals surface area (Å²) in [7, 11) is 1.30. The molecule has 0 aliphatic heterocycles. The number of carbonyl (C=O) groups excluding carboxylic acids is 2. The molecule has 1 amide bonds. The van der Waals surface area contributed by atoms with Gasteiger partial charge in [0.1, 0.15) is 0 Å². The minimum Gasteiger partial charge on any atom is -0.466 e. The van der Waals surface area contributed by atoms with Gasteiger partial charge in [-0.1, -0.05) is 0 Å². The van der Waals surface area contributed by atoms with Crippen LogP contribution in [-0.2, 0) is 9.53 Å². The first-order valence-corrected chi connectivity index (χ1v) is 4.86. The van der Waals surface area contributed by atoms with Crippen molar-refractivity contribution in [2.24, 2.45) is 5.84 Å². The van der Waals surface area contributed by atoms with Gasteiger partial charge in [-0.05, 0) is 18.2 Å². The van der Waals surface area contributed by atoms with E-state index in [0.717, 1.165) is 4.88 Å². The topological polar surface area (TPSA) is 81.4 Å². The summed E-state index contributed by atoms with van der Waals surface area (Å²) in [6.07, 6.45) is 2.86. The summed E-state index contributed by atoms with van der Waals surface area (Å²) in [6, 6.07) is 3.35. The first-order chi connectivity index (χ1) is 7.17. The van der Waals surface area contributed by atoms with Crippen LogP contribution in [0, 0.1) is 0 Å². The van der Waals surface area contributed by atoms with Gasteiger partial charge >= 0.3 is 5.97 Å². The number of esters is 1. The van der Waals surface area contributed by atoms with Gasteiger partial charge in [-0.25, -0.2) is 10.6 Å². The van der Waals surface area contributed by atoms with Crippen molar-refractivity contribution < 1.29 is 14.3 Å². The highest BCUT2D eigenvalue weighted by Gasteiger charge is 2.05. The van der Waals surface area contributed by atoms with Crippen molar-refractivity contribution in [3.8, 4) is 0 Å². The molecule has 80 valence electrons. The molecule has 0 bridgehead atoms. The number of nitrogens with one attached hydrogen (secondary N) is 1. The molecule has 0 aliphatic carbocycles. The number of carbonyl (C=O) groups is 2. The number of rotatable bonds is 3. The summed E-state index contributed by atoms with van der Waals surface area (Å²) >= 11 is 1.23. The van der Waals surface area contributed by atoms with Crippen molar-refractivity contribution in [3.63, 3.8) is 0 Å². The number of ether oxygens (including phenoxy) is 1. The first kappa shape index (κ1) is 11.4. The highest BCUT2D eigenvalue weighted by molar-refractivity contribution is 7.14.